The Balaban J connectivity index is 2.15. The molecule has 0 spiro atoms. The molecule has 1 N–H and O–H groups in total. The monoisotopic (exact) mass is 292 g/mol. The number of ether oxygens (including phenoxy) is 1. The highest BCUT2D eigenvalue weighted by atomic mass is 19.3. The summed E-state index contributed by atoms with van der Waals surface area (Å²) in [5.74, 6) is 0.0840. The van der Waals surface area contributed by atoms with E-state index in [0.29, 0.717) is 5.56 Å². The number of aryl methyl sites for hydroxylation is 1. The van der Waals surface area contributed by atoms with Crippen LogP contribution >= 0.6 is 0 Å². The maximum atomic E-state index is 12.1. The van der Waals surface area contributed by atoms with Gasteiger partial charge in [-0.3, -0.25) is 0 Å². The molecule has 0 aliphatic rings. The minimum Gasteiger partial charge on any atom is -0.435 e. The van der Waals surface area contributed by atoms with Crippen LogP contribution in [0.25, 0.3) is 0 Å². The fourth-order valence-electron chi connectivity index (χ4n) is 2.23. The first-order valence-corrected chi connectivity index (χ1v) is 6.92. The van der Waals surface area contributed by atoms with Crippen molar-refractivity contribution < 1.29 is 18.6 Å². The van der Waals surface area contributed by atoms with E-state index >= 15 is 0 Å². The molecule has 2 rings (SSSR count). The minimum atomic E-state index is -2.84. The first kappa shape index (κ1) is 15.4. The van der Waals surface area contributed by atoms with Gasteiger partial charge in [0.1, 0.15) is 11.9 Å². The summed E-state index contributed by atoms with van der Waals surface area (Å²) >= 11 is 0. The molecule has 0 aliphatic heterocycles. The number of aliphatic hydroxyl groups excluding tert-OH is 1. The van der Waals surface area contributed by atoms with Crippen molar-refractivity contribution >= 4 is 0 Å². The van der Waals surface area contributed by atoms with Gasteiger partial charge in [-0.15, -0.1) is 0 Å². The zero-order chi connectivity index (χ0) is 15.2. The van der Waals surface area contributed by atoms with E-state index in [2.05, 4.69) is 11.7 Å². The number of aliphatic hydroxyl groups is 1. The van der Waals surface area contributed by atoms with Crippen molar-refractivity contribution in [3.8, 4) is 5.75 Å². The molecule has 112 valence electrons. The third-order valence-electron chi connectivity index (χ3n) is 3.23. The van der Waals surface area contributed by atoms with Gasteiger partial charge in [-0.1, -0.05) is 49.7 Å². The van der Waals surface area contributed by atoms with Crippen LogP contribution in [0.5, 0.6) is 5.75 Å². The van der Waals surface area contributed by atoms with Gasteiger partial charge in [0.05, 0.1) is 0 Å². The second kappa shape index (κ2) is 7.18. The normalized spacial score (nSPS) is 12.4. The predicted molar refractivity (Wildman–Crippen MR) is 77.6 cm³/mol. The summed E-state index contributed by atoms with van der Waals surface area (Å²) in [7, 11) is 0. The van der Waals surface area contributed by atoms with Crippen LogP contribution < -0.4 is 4.74 Å². The Bertz CT molecular complexity index is 567. The molecular formula is C17H18F2O2. The van der Waals surface area contributed by atoms with Crippen LogP contribution in [0.3, 0.4) is 0 Å². The predicted octanol–water partition coefficient (Wildman–Crippen LogP) is 4.32. The van der Waals surface area contributed by atoms with E-state index in [9.17, 15) is 13.9 Å². The summed E-state index contributed by atoms with van der Waals surface area (Å²) in [5.41, 5.74) is 2.61. The van der Waals surface area contributed by atoms with Gasteiger partial charge in [-0.05, 0) is 35.2 Å². The summed E-state index contributed by atoms with van der Waals surface area (Å²) in [4.78, 5) is 0. The van der Waals surface area contributed by atoms with E-state index in [0.717, 1.165) is 18.4 Å². The first-order chi connectivity index (χ1) is 10.1. The Morgan fingerprint density at radius 3 is 2.38 bits per heavy atom. The summed E-state index contributed by atoms with van der Waals surface area (Å²) in [6, 6.07) is 13.8. The molecule has 21 heavy (non-hydrogen) atoms. The van der Waals surface area contributed by atoms with Crippen molar-refractivity contribution in [2.45, 2.75) is 32.5 Å². The molecule has 0 fully saturated rings. The van der Waals surface area contributed by atoms with Crippen LogP contribution in [-0.2, 0) is 6.42 Å². The van der Waals surface area contributed by atoms with E-state index < -0.39 is 12.7 Å². The Hall–Kier alpha value is -1.94. The maximum Gasteiger partial charge on any atom is 0.387 e. The van der Waals surface area contributed by atoms with Crippen LogP contribution in [0.2, 0.25) is 0 Å². The quantitative estimate of drug-likeness (QED) is 0.859. The highest BCUT2D eigenvalue weighted by Gasteiger charge is 2.12. The Morgan fingerprint density at radius 1 is 1.05 bits per heavy atom. The smallest absolute Gasteiger partial charge is 0.387 e. The molecule has 0 radical (unpaired) electrons. The molecule has 0 heterocycles. The fourth-order valence-corrected chi connectivity index (χ4v) is 2.23. The lowest BCUT2D eigenvalue weighted by atomic mass is 9.98. The van der Waals surface area contributed by atoms with Gasteiger partial charge in [0.15, 0.2) is 0 Å². The molecule has 1 atom stereocenters. The van der Waals surface area contributed by atoms with Crippen molar-refractivity contribution in [2.75, 3.05) is 0 Å². The van der Waals surface area contributed by atoms with Crippen molar-refractivity contribution in [1.29, 1.82) is 0 Å². The van der Waals surface area contributed by atoms with E-state index in [4.69, 9.17) is 0 Å². The molecule has 0 bridgehead atoms. The van der Waals surface area contributed by atoms with Crippen LogP contribution in [-0.4, -0.2) is 11.7 Å². The molecule has 2 aromatic carbocycles. The van der Waals surface area contributed by atoms with E-state index in [-0.39, 0.29) is 5.75 Å². The topological polar surface area (TPSA) is 29.5 Å². The van der Waals surface area contributed by atoms with Crippen LogP contribution in [0.15, 0.2) is 48.5 Å². The maximum absolute atomic E-state index is 12.1. The van der Waals surface area contributed by atoms with Crippen LogP contribution in [0, 0.1) is 0 Å². The molecule has 0 aromatic heterocycles. The summed E-state index contributed by atoms with van der Waals surface area (Å²) < 4.78 is 28.5. The van der Waals surface area contributed by atoms with Crippen molar-refractivity contribution in [2.24, 2.45) is 0 Å². The average Bonchev–Trinajstić information content (AvgIpc) is 2.47. The summed E-state index contributed by atoms with van der Waals surface area (Å²) in [5, 5.41) is 10.4. The molecule has 1 unspecified atom stereocenters. The van der Waals surface area contributed by atoms with Crippen molar-refractivity contribution in [3.63, 3.8) is 0 Å². The molecule has 2 aromatic rings. The van der Waals surface area contributed by atoms with Crippen LogP contribution in [0.1, 0.15) is 36.1 Å². The van der Waals surface area contributed by atoms with Gasteiger partial charge < -0.3 is 9.84 Å². The second-order valence-corrected chi connectivity index (χ2v) is 4.85. The highest BCUT2D eigenvalue weighted by Crippen LogP contribution is 2.25. The first-order valence-electron chi connectivity index (χ1n) is 6.92. The van der Waals surface area contributed by atoms with Gasteiger partial charge in [0.25, 0.3) is 0 Å². The highest BCUT2D eigenvalue weighted by molar-refractivity contribution is 5.35. The van der Waals surface area contributed by atoms with Crippen molar-refractivity contribution in [3.05, 3.63) is 65.2 Å². The molecule has 0 saturated heterocycles. The lowest BCUT2D eigenvalue weighted by Gasteiger charge is -2.13. The molecule has 0 saturated carbocycles. The minimum absolute atomic E-state index is 0.0840. The summed E-state index contributed by atoms with van der Waals surface area (Å²) in [6.07, 6.45) is 1.23. The van der Waals surface area contributed by atoms with E-state index in [1.54, 1.807) is 12.1 Å². The Labute approximate surface area is 123 Å². The average molecular weight is 292 g/mol. The third kappa shape index (κ3) is 4.26. The van der Waals surface area contributed by atoms with Gasteiger partial charge in [-0.25, -0.2) is 0 Å². The number of hydrogen-bond acceptors (Lipinski definition) is 2. The molecular weight excluding hydrogens is 274 g/mol. The largest absolute Gasteiger partial charge is 0.435 e. The molecule has 4 heteroatoms. The van der Waals surface area contributed by atoms with Gasteiger partial charge in [-0.2, -0.15) is 8.78 Å². The number of halogens is 2. The number of alkyl halides is 2. The third-order valence-corrected chi connectivity index (χ3v) is 3.23. The molecule has 0 amide bonds. The van der Waals surface area contributed by atoms with Gasteiger partial charge in [0.2, 0.25) is 0 Å². The van der Waals surface area contributed by atoms with Gasteiger partial charge in [0, 0.05) is 0 Å². The van der Waals surface area contributed by atoms with Crippen molar-refractivity contribution in [1.82, 2.24) is 0 Å². The molecule has 2 nitrogen and oxygen atoms in total. The fraction of sp³-hybridized carbons (Fsp3) is 0.294. The number of benzene rings is 2. The van der Waals surface area contributed by atoms with E-state index in [1.807, 2.05) is 24.3 Å². The lowest BCUT2D eigenvalue weighted by molar-refractivity contribution is -0.0498. The van der Waals surface area contributed by atoms with E-state index in [1.165, 1.54) is 17.7 Å². The SMILES string of the molecule is CCCc1cccc(C(O)c2ccc(OC(F)F)cc2)c1. The zero-order valence-corrected chi connectivity index (χ0v) is 11.8. The molecule has 0 aliphatic carbocycles. The zero-order valence-electron chi connectivity index (χ0n) is 11.8. The summed E-state index contributed by atoms with van der Waals surface area (Å²) in [6.45, 7) is -0.739. The number of hydrogen-bond donors (Lipinski definition) is 1. The van der Waals surface area contributed by atoms with Crippen LogP contribution in [0.4, 0.5) is 8.78 Å². The standard InChI is InChI=1S/C17H18F2O2/c1-2-4-12-5-3-6-14(11-12)16(20)13-7-9-15(10-8-13)21-17(18)19/h3,5-11,16-17,20H,2,4H2,1H3. The van der Waals surface area contributed by atoms with Gasteiger partial charge >= 0.3 is 6.61 Å². The number of rotatable bonds is 6. The lowest BCUT2D eigenvalue weighted by Crippen LogP contribution is -2.03. The second-order valence-electron chi connectivity index (χ2n) is 4.85. The Kier molecular flexibility index (Phi) is 5.28. The Morgan fingerprint density at radius 2 is 1.76 bits per heavy atom.